The highest BCUT2D eigenvalue weighted by Crippen LogP contribution is 1.97. The average Bonchev–Trinajstić information content (AvgIpc) is 2.06. The standard InChI is InChI=1S/C10H18O2/c1-4-6-8-11-10(3)12-9-7-5-2/h4,6,8,10H,1,5,7,9H2,2-3H3/b8-6+. The Labute approximate surface area is 74.9 Å². The first kappa shape index (κ1) is 11.2. The predicted molar refractivity (Wildman–Crippen MR) is 50.7 cm³/mol. The van der Waals surface area contributed by atoms with Gasteiger partial charge < -0.3 is 9.47 Å². The summed E-state index contributed by atoms with van der Waals surface area (Å²) in [5.74, 6) is 0. The van der Waals surface area contributed by atoms with E-state index in [4.69, 9.17) is 9.47 Å². The molecule has 2 heteroatoms. The number of allylic oxidation sites excluding steroid dienone is 2. The number of hydrogen-bond acceptors (Lipinski definition) is 2. The van der Waals surface area contributed by atoms with Gasteiger partial charge in [0.25, 0.3) is 0 Å². The third-order valence-corrected chi connectivity index (χ3v) is 1.34. The van der Waals surface area contributed by atoms with E-state index in [2.05, 4.69) is 13.5 Å². The van der Waals surface area contributed by atoms with Crippen molar-refractivity contribution in [2.24, 2.45) is 0 Å². The number of hydrogen-bond donors (Lipinski definition) is 0. The van der Waals surface area contributed by atoms with Crippen molar-refractivity contribution < 1.29 is 9.47 Å². The van der Waals surface area contributed by atoms with Crippen LogP contribution in [0.25, 0.3) is 0 Å². The van der Waals surface area contributed by atoms with E-state index < -0.39 is 0 Å². The Morgan fingerprint density at radius 3 is 2.83 bits per heavy atom. The molecule has 1 atom stereocenters. The zero-order chi connectivity index (χ0) is 9.23. The van der Waals surface area contributed by atoms with Gasteiger partial charge >= 0.3 is 0 Å². The first-order valence-electron chi connectivity index (χ1n) is 4.36. The zero-order valence-electron chi connectivity index (χ0n) is 7.95. The minimum Gasteiger partial charge on any atom is -0.473 e. The monoisotopic (exact) mass is 170 g/mol. The summed E-state index contributed by atoms with van der Waals surface area (Å²) in [7, 11) is 0. The lowest BCUT2D eigenvalue weighted by Gasteiger charge is -2.11. The molecule has 0 aliphatic heterocycles. The second-order valence-electron chi connectivity index (χ2n) is 2.49. The molecule has 70 valence electrons. The second-order valence-corrected chi connectivity index (χ2v) is 2.49. The highest BCUT2D eigenvalue weighted by atomic mass is 16.7. The first-order valence-corrected chi connectivity index (χ1v) is 4.36. The molecular formula is C10H18O2. The van der Waals surface area contributed by atoms with Crippen LogP contribution < -0.4 is 0 Å². The van der Waals surface area contributed by atoms with Gasteiger partial charge in [0.2, 0.25) is 0 Å². The SMILES string of the molecule is C=C/C=C/OC(C)OCCCC. The van der Waals surface area contributed by atoms with Gasteiger partial charge in [-0.3, -0.25) is 0 Å². The normalized spacial score (nSPS) is 13.2. The van der Waals surface area contributed by atoms with E-state index in [1.807, 2.05) is 6.92 Å². The van der Waals surface area contributed by atoms with Crippen LogP contribution in [0.1, 0.15) is 26.7 Å². The van der Waals surface area contributed by atoms with Crippen LogP contribution in [0.5, 0.6) is 0 Å². The summed E-state index contributed by atoms with van der Waals surface area (Å²) < 4.78 is 10.5. The molecule has 0 saturated heterocycles. The number of ether oxygens (including phenoxy) is 2. The molecule has 0 aliphatic carbocycles. The van der Waals surface area contributed by atoms with Gasteiger partial charge in [0.15, 0.2) is 6.29 Å². The van der Waals surface area contributed by atoms with Crippen LogP contribution in [-0.4, -0.2) is 12.9 Å². The Morgan fingerprint density at radius 1 is 1.50 bits per heavy atom. The van der Waals surface area contributed by atoms with Crippen LogP contribution >= 0.6 is 0 Å². The molecule has 0 amide bonds. The van der Waals surface area contributed by atoms with Gasteiger partial charge in [0, 0.05) is 0 Å². The zero-order valence-corrected chi connectivity index (χ0v) is 7.95. The maximum atomic E-state index is 5.32. The molecular weight excluding hydrogens is 152 g/mol. The summed E-state index contributed by atoms with van der Waals surface area (Å²) in [4.78, 5) is 0. The molecule has 0 aromatic heterocycles. The fraction of sp³-hybridized carbons (Fsp3) is 0.600. The smallest absolute Gasteiger partial charge is 0.196 e. The van der Waals surface area contributed by atoms with Crippen molar-refractivity contribution in [3.05, 3.63) is 25.0 Å². The molecule has 0 aliphatic rings. The Bertz CT molecular complexity index is 130. The lowest BCUT2D eigenvalue weighted by atomic mass is 10.4. The Morgan fingerprint density at radius 2 is 2.25 bits per heavy atom. The Hall–Kier alpha value is -0.760. The van der Waals surface area contributed by atoms with E-state index in [-0.39, 0.29) is 6.29 Å². The Balaban J connectivity index is 3.26. The lowest BCUT2D eigenvalue weighted by Crippen LogP contribution is -2.10. The molecule has 0 aromatic carbocycles. The third kappa shape index (κ3) is 7.35. The van der Waals surface area contributed by atoms with Crippen molar-refractivity contribution in [1.82, 2.24) is 0 Å². The van der Waals surface area contributed by atoms with Gasteiger partial charge in [-0.1, -0.05) is 26.0 Å². The van der Waals surface area contributed by atoms with E-state index in [1.54, 1.807) is 18.4 Å². The van der Waals surface area contributed by atoms with E-state index in [0.29, 0.717) is 0 Å². The van der Waals surface area contributed by atoms with Crippen LogP contribution in [-0.2, 0) is 9.47 Å². The molecule has 0 aromatic rings. The van der Waals surface area contributed by atoms with Gasteiger partial charge in [-0.2, -0.15) is 0 Å². The van der Waals surface area contributed by atoms with Crippen molar-refractivity contribution >= 4 is 0 Å². The molecule has 1 unspecified atom stereocenters. The molecule has 0 N–H and O–H groups in total. The summed E-state index contributed by atoms with van der Waals surface area (Å²) in [5.41, 5.74) is 0. The molecule has 0 bridgehead atoms. The minimum atomic E-state index is -0.159. The Kier molecular flexibility index (Phi) is 7.81. The van der Waals surface area contributed by atoms with Crippen molar-refractivity contribution in [2.75, 3.05) is 6.61 Å². The summed E-state index contributed by atoms with van der Waals surface area (Å²) in [5, 5.41) is 0. The molecule has 0 fully saturated rings. The predicted octanol–water partition coefficient (Wildman–Crippen LogP) is 2.87. The molecule has 12 heavy (non-hydrogen) atoms. The van der Waals surface area contributed by atoms with Crippen molar-refractivity contribution in [3.8, 4) is 0 Å². The topological polar surface area (TPSA) is 18.5 Å². The van der Waals surface area contributed by atoms with Crippen LogP contribution in [0, 0.1) is 0 Å². The van der Waals surface area contributed by atoms with Crippen molar-refractivity contribution in [2.45, 2.75) is 33.0 Å². The molecule has 2 nitrogen and oxygen atoms in total. The highest BCUT2D eigenvalue weighted by Gasteiger charge is 1.97. The van der Waals surface area contributed by atoms with Crippen LogP contribution in [0.15, 0.2) is 25.0 Å². The van der Waals surface area contributed by atoms with Gasteiger partial charge in [0.05, 0.1) is 12.9 Å². The molecule has 0 heterocycles. The highest BCUT2D eigenvalue weighted by molar-refractivity contribution is 4.92. The number of unbranched alkanes of at least 4 members (excludes halogenated alkanes) is 1. The van der Waals surface area contributed by atoms with E-state index >= 15 is 0 Å². The van der Waals surface area contributed by atoms with Crippen LogP contribution in [0.4, 0.5) is 0 Å². The maximum Gasteiger partial charge on any atom is 0.196 e. The van der Waals surface area contributed by atoms with Gasteiger partial charge in [-0.05, 0) is 19.4 Å². The average molecular weight is 170 g/mol. The lowest BCUT2D eigenvalue weighted by molar-refractivity contribution is -0.0933. The maximum absolute atomic E-state index is 5.32. The fourth-order valence-corrected chi connectivity index (χ4v) is 0.644. The third-order valence-electron chi connectivity index (χ3n) is 1.34. The van der Waals surface area contributed by atoms with E-state index in [9.17, 15) is 0 Å². The van der Waals surface area contributed by atoms with Crippen LogP contribution in [0.3, 0.4) is 0 Å². The summed E-state index contributed by atoms with van der Waals surface area (Å²) in [6.45, 7) is 8.30. The fourth-order valence-electron chi connectivity index (χ4n) is 0.644. The molecule has 0 spiro atoms. The first-order chi connectivity index (χ1) is 5.81. The summed E-state index contributed by atoms with van der Waals surface area (Å²) in [6, 6.07) is 0. The second kappa shape index (κ2) is 8.34. The quantitative estimate of drug-likeness (QED) is 0.253. The molecule has 0 saturated carbocycles. The van der Waals surface area contributed by atoms with Crippen LogP contribution in [0.2, 0.25) is 0 Å². The largest absolute Gasteiger partial charge is 0.473 e. The van der Waals surface area contributed by atoms with Crippen molar-refractivity contribution in [1.29, 1.82) is 0 Å². The van der Waals surface area contributed by atoms with Gasteiger partial charge in [-0.25, -0.2) is 0 Å². The molecule has 0 radical (unpaired) electrons. The number of rotatable bonds is 7. The molecule has 0 rings (SSSR count). The van der Waals surface area contributed by atoms with E-state index in [1.165, 1.54) is 0 Å². The van der Waals surface area contributed by atoms with E-state index in [0.717, 1.165) is 19.4 Å². The van der Waals surface area contributed by atoms with Crippen molar-refractivity contribution in [3.63, 3.8) is 0 Å². The minimum absolute atomic E-state index is 0.159. The summed E-state index contributed by atoms with van der Waals surface area (Å²) >= 11 is 0. The summed E-state index contributed by atoms with van der Waals surface area (Å²) in [6.07, 6.45) is 7.06. The van der Waals surface area contributed by atoms with Gasteiger partial charge in [-0.15, -0.1) is 0 Å². The van der Waals surface area contributed by atoms with Gasteiger partial charge in [0.1, 0.15) is 0 Å².